The first kappa shape index (κ1) is 15.5. The van der Waals surface area contributed by atoms with Gasteiger partial charge in [-0.1, -0.05) is 17.7 Å². The highest BCUT2D eigenvalue weighted by molar-refractivity contribution is 7.16. The molecule has 2 aromatic rings. The number of piperazine rings is 1. The number of rotatable bonds is 3. The molecule has 0 bridgehead atoms. The Morgan fingerprint density at radius 1 is 1.18 bits per heavy atom. The second-order valence-corrected chi connectivity index (χ2v) is 7.08. The van der Waals surface area contributed by atoms with Gasteiger partial charge in [0.25, 0.3) is 5.91 Å². The quantitative estimate of drug-likeness (QED) is 0.855. The van der Waals surface area contributed by atoms with Gasteiger partial charge in [0.1, 0.15) is 5.82 Å². The van der Waals surface area contributed by atoms with E-state index in [2.05, 4.69) is 4.90 Å². The lowest BCUT2D eigenvalue weighted by atomic mass is 10.1. The lowest BCUT2D eigenvalue weighted by Crippen LogP contribution is -2.48. The van der Waals surface area contributed by atoms with Gasteiger partial charge in [-0.15, -0.1) is 11.3 Å². The van der Waals surface area contributed by atoms with Gasteiger partial charge in [-0.05, 0) is 30.3 Å². The van der Waals surface area contributed by atoms with Crippen LogP contribution in [0, 0.1) is 5.82 Å². The first-order chi connectivity index (χ1) is 10.6. The van der Waals surface area contributed by atoms with Crippen LogP contribution >= 0.6 is 22.9 Å². The summed E-state index contributed by atoms with van der Waals surface area (Å²) in [6.45, 7) is 3.81. The highest BCUT2D eigenvalue weighted by atomic mass is 35.5. The monoisotopic (exact) mass is 338 g/mol. The molecule has 6 heteroatoms. The van der Waals surface area contributed by atoms with Gasteiger partial charge in [-0.2, -0.15) is 0 Å². The van der Waals surface area contributed by atoms with Crippen molar-refractivity contribution in [2.75, 3.05) is 26.2 Å². The van der Waals surface area contributed by atoms with Crippen molar-refractivity contribution in [2.24, 2.45) is 0 Å². The van der Waals surface area contributed by atoms with E-state index >= 15 is 0 Å². The number of nitrogens with zero attached hydrogens (tertiary/aromatic N) is 2. The molecule has 116 valence electrons. The van der Waals surface area contributed by atoms with Crippen molar-refractivity contribution in [1.29, 1.82) is 0 Å². The van der Waals surface area contributed by atoms with Crippen molar-refractivity contribution in [3.8, 4) is 0 Å². The van der Waals surface area contributed by atoms with Crippen molar-refractivity contribution in [3.63, 3.8) is 0 Å². The Bertz CT molecular complexity index is 668. The van der Waals surface area contributed by atoms with Gasteiger partial charge in [0, 0.05) is 43.2 Å². The van der Waals surface area contributed by atoms with Gasteiger partial charge in [0.15, 0.2) is 0 Å². The fraction of sp³-hybridized carbons (Fsp3) is 0.312. The Morgan fingerprint density at radius 3 is 2.59 bits per heavy atom. The maximum Gasteiger partial charge on any atom is 0.254 e. The molecule has 3 rings (SSSR count). The van der Waals surface area contributed by atoms with Crippen LogP contribution in [0.4, 0.5) is 4.39 Å². The van der Waals surface area contributed by atoms with Crippen molar-refractivity contribution >= 4 is 28.8 Å². The van der Waals surface area contributed by atoms with Crippen LogP contribution in [0.5, 0.6) is 0 Å². The zero-order chi connectivity index (χ0) is 15.5. The number of hydrogen-bond donors (Lipinski definition) is 0. The number of thiophene rings is 1. The molecule has 0 N–H and O–H groups in total. The summed E-state index contributed by atoms with van der Waals surface area (Å²) in [6, 6.07) is 9.82. The number of carbonyl (C=O) groups excluding carboxylic acids is 1. The molecule has 22 heavy (non-hydrogen) atoms. The molecule has 1 fully saturated rings. The first-order valence-electron chi connectivity index (χ1n) is 7.13. The van der Waals surface area contributed by atoms with Crippen LogP contribution in [0.1, 0.15) is 15.2 Å². The summed E-state index contributed by atoms with van der Waals surface area (Å²) in [5, 5.41) is 0. The SMILES string of the molecule is O=C(c1cccc(F)c1)N1CCN(Cc2ccc(Cl)s2)CC1. The molecule has 1 aliphatic heterocycles. The molecule has 1 saturated heterocycles. The molecule has 0 unspecified atom stereocenters. The topological polar surface area (TPSA) is 23.6 Å². The van der Waals surface area contributed by atoms with E-state index < -0.39 is 0 Å². The molecule has 1 aliphatic rings. The highest BCUT2D eigenvalue weighted by Crippen LogP contribution is 2.23. The molecule has 2 heterocycles. The van der Waals surface area contributed by atoms with E-state index in [0.717, 1.165) is 24.0 Å². The van der Waals surface area contributed by atoms with Crippen molar-refractivity contribution in [1.82, 2.24) is 9.80 Å². The van der Waals surface area contributed by atoms with Crippen LogP contribution in [-0.2, 0) is 6.54 Å². The third-order valence-corrected chi connectivity index (χ3v) is 4.96. The van der Waals surface area contributed by atoms with Gasteiger partial charge in [0.2, 0.25) is 0 Å². The van der Waals surface area contributed by atoms with E-state index in [0.29, 0.717) is 18.7 Å². The summed E-state index contributed by atoms with van der Waals surface area (Å²) in [6.07, 6.45) is 0. The second-order valence-electron chi connectivity index (χ2n) is 5.28. The van der Waals surface area contributed by atoms with E-state index in [1.54, 1.807) is 28.4 Å². The summed E-state index contributed by atoms with van der Waals surface area (Å²) >= 11 is 7.53. The highest BCUT2D eigenvalue weighted by Gasteiger charge is 2.22. The van der Waals surface area contributed by atoms with Crippen molar-refractivity contribution < 1.29 is 9.18 Å². The molecule has 0 spiro atoms. The van der Waals surface area contributed by atoms with Crippen LogP contribution in [0.15, 0.2) is 36.4 Å². The molecule has 0 aliphatic carbocycles. The average Bonchev–Trinajstić information content (AvgIpc) is 2.92. The minimum absolute atomic E-state index is 0.0988. The third kappa shape index (κ3) is 3.66. The third-order valence-electron chi connectivity index (χ3n) is 3.74. The van der Waals surface area contributed by atoms with Gasteiger partial charge >= 0.3 is 0 Å². The Morgan fingerprint density at radius 2 is 1.95 bits per heavy atom. The van der Waals surface area contributed by atoms with Crippen LogP contribution in [0.3, 0.4) is 0 Å². The fourth-order valence-electron chi connectivity index (χ4n) is 2.57. The Balaban J connectivity index is 1.56. The van der Waals surface area contributed by atoms with Crippen LogP contribution in [0.2, 0.25) is 4.34 Å². The standard InChI is InChI=1S/C16H16ClFN2OS/c17-15-5-4-14(22-15)11-19-6-8-20(9-7-19)16(21)12-2-1-3-13(18)10-12/h1-5,10H,6-9,11H2. The normalized spacial score (nSPS) is 16.0. The zero-order valence-electron chi connectivity index (χ0n) is 12.0. The van der Waals surface area contributed by atoms with Crippen molar-refractivity contribution in [2.45, 2.75) is 6.54 Å². The summed E-state index contributed by atoms with van der Waals surface area (Å²) in [5.74, 6) is -0.475. The Hall–Kier alpha value is -1.43. The molecule has 1 amide bonds. The minimum atomic E-state index is -0.376. The summed E-state index contributed by atoms with van der Waals surface area (Å²) < 4.78 is 14.0. The lowest BCUT2D eigenvalue weighted by Gasteiger charge is -2.34. The predicted octanol–water partition coefficient (Wildman–Crippen LogP) is 3.50. The van der Waals surface area contributed by atoms with Gasteiger partial charge in [0.05, 0.1) is 4.34 Å². The molecule has 0 saturated carbocycles. The minimum Gasteiger partial charge on any atom is -0.336 e. The molecule has 3 nitrogen and oxygen atoms in total. The van der Waals surface area contributed by atoms with E-state index in [1.165, 1.54) is 17.0 Å². The maximum absolute atomic E-state index is 13.2. The molecular formula is C16H16ClFN2OS. The molecule has 1 aromatic heterocycles. The number of hydrogen-bond acceptors (Lipinski definition) is 3. The Kier molecular flexibility index (Phi) is 4.76. The molecular weight excluding hydrogens is 323 g/mol. The van der Waals surface area contributed by atoms with E-state index in [4.69, 9.17) is 11.6 Å². The van der Waals surface area contributed by atoms with E-state index in [-0.39, 0.29) is 11.7 Å². The van der Waals surface area contributed by atoms with E-state index in [9.17, 15) is 9.18 Å². The molecule has 1 aromatic carbocycles. The van der Waals surface area contributed by atoms with Crippen LogP contribution < -0.4 is 0 Å². The molecule has 0 radical (unpaired) electrons. The summed E-state index contributed by atoms with van der Waals surface area (Å²) in [5.41, 5.74) is 0.415. The smallest absolute Gasteiger partial charge is 0.254 e. The number of benzene rings is 1. The maximum atomic E-state index is 13.2. The van der Waals surface area contributed by atoms with Gasteiger partial charge in [-0.3, -0.25) is 9.69 Å². The molecule has 0 atom stereocenters. The van der Waals surface area contributed by atoms with Gasteiger partial charge < -0.3 is 4.90 Å². The summed E-state index contributed by atoms with van der Waals surface area (Å²) in [7, 11) is 0. The number of amides is 1. The zero-order valence-corrected chi connectivity index (χ0v) is 13.5. The van der Waals surface area contributed by atoms with Crippen molar-refractivity contribution in [3.05, 3.63) is 57.0 Å². The van der Waals surface area contributed by atoms with Crippen LogP contribution in [-0.4, -0.2) is 41.9 Å². The van der Waals surface area contributed by atoms with E-state index in [1.807, 2.05) is 12.1 Å². The number of halogens is 2. The lowest BCUT2D eigenvalue weighted by molar-refractivity contribution is 0.0629. The Labute approximate surface area is 137 Å². The number of carbonyl (C=O) groups is 1. The summed E-state index contributed by atoms with van der Waals surface area (Å²) in [4.78, 5) is 17.7. The van der Waals surface area contributed by atoms with Gasteiger partial charge in [-0.25, -0.2) is 4.39 Å². The van der Waals surface area contributed by atoms with Crippen LogP contribution in [0.25, 0.3) is 0 Å². The second kappa shape index (κ2) is 6.77. The first-order valence-corrected chi connectivity index (χ1v) is 8.33. The largest absolute Gasteiger partial charge is 0.336 e. The predicted molar refractivity (Wildman–Crippen MR) is 86.9 cm³/mol. The fourth-order valence-corrected chi connectivity index (χ4v) is 3.70. The average molecular weight is 339 g/mol.